The molecule has 1 aliphatic rings. The van der Waals surface area contributed by atoms with E-state index in [1.54, 1.807) is 0 Å². The number of nitrogens with zero attached hydrogens (tertiary/aromatic N) is 3. The number of likely N-dealkylation sites (tertiary alicyclic amines) is 1. The Morgan fingerprint density at radius 1 is 1.53 bits per heavy atom. The zero-order chi connectivity index (χ0) is 14.2. The maximum Gasteiger partial charge on any atom is 0.328 e. The van der Waals surface area contributed by atoms with Gasteiger partial charge in [-0.1, -0.05) is 0 Å². The van der Waals surface area contributed by atoms with Gasteiger partial charge in [0.25, 0.3) is 11.8 Å². The molecule has 1 atom stereocenters. The molecule has 0 saturated carbocycles. The molecule has 0 aromatic carbocycles. The smallest absolute Gasteiger partial charge is 0.328 e. The number of hydrogen-bond donors (Lipinski definition) is 1. The number of carbonyl (C=O) groups is 2. The average molecular weight is 273 g/mol. The Bertz CT molecular complexity index is 515. The Balaban J connectivity index is 2.11. The zero-order valence-corrected chi connectivity index (χ0v) is 10.2. The lowest BCUT2D eigenvalue weighted by atomic mass is 10.3. The highest BCUT2D eigenvalue weighted by molar-refractivity contribution is 5.94. The molecule has 2 rings (SSSR count). The number of aromatic nitrogens is 2. The van der Waals surface area contributed by atoms with Crippen molar-refractivity contribution in [2.45, 2.75) is 25.3 Å². The highest BCUT2D eigenvalue weighted by Crippen LogP contribution is 2.27. The molecule has 104 valence electrons. The first-order chi connectivity index (χ1) is 8.80. The van der Waals surface area contributed by atoms with E-state index in [1.807, 2.05) is 0 Å². The molecule has 1 fully saturated rings. The molecular weight excluding hydrogens is 260 g/mol. The summed E-state index contributed by atoms with van der Waals surface area (Å²) in [5.41, 5.74) is 0.116. The van der Waals surface area contributed by atoms with Crippen molar-refractivity contribution < 1.29 is 23.5 Å². The van der Waals surface area contributed by atoms with Gasteiger partial charge >= 0.3 is 5.97 Å². The van der Waals surface area contributed by atoms with Gasteiger partial charge in [0.15, 0.2) is 0 Å². The van der Waals surface area contributed by atoms with Gasteiger partial charge in [-0.2, -0.15) is 5.10 Å². The van der Waals surface area contributed by atoms with Gasteiger partial charge in [-0.3, -0.25) is 9.48 Å². The second-order valence-corrected chi connectivity index (χ2v) is 4.56. The maximum atomic E-state index is 13.0. The summed E-state index contributed by atoms with van der Waals surface area (Å²) in [7, 11) is 0. The van der Waals surface area contributed by atoms with Gasteiger partial charge in [-0.15, -0.1) is 0 Å². The van der Waals surface area contributed by atoms with Gasteiger partial charge in [-0.05, 0) is 6.92 Å². The molecule has 1 saturated heterocycles. The number of carboxylic acids is 1. The maximum absolute atomic E-state index is 13.0. The standard InChI is InChI=1S/C11H13F2N3O3/c1-7(10(18)19)16-5-8(4-14-16)9(17)15-3-2-11(12,13)6-15/h4-5,7H,2-3,6H2,1H3,(H,18,19). The normalized spacial score (nSPS) is 19.4. The predicted octanol–water partition coefficient (Wildman–Crippen LogP) is 1.01. The van der Waals surface area contributed by atoms with Crippen LogP contribution >= 0.6 is 0 Å². The summed E-state index contributed by atoms with van der Waals surface area (Å²) in [5, 5.41) is 12.6. The van der Waals surface area contributed by atoms with Crippen molar-refractivity contribution in [3.05, 3.63) is 18.0 Å². The molecular formula is C11H13F2N3O3. The molecule has 1 aliphatic heterocycles. The van der Waals surface area contributed by atoms with Gasteiger partial charge in [0.05, 0.1) is 18.3 Å². The third kappa shape index (κ3) is 2.72. The third-order valence-corrected chi connectivity index (χ3v) is 3.06. The van der Waals surface area contributed by atoms with E-state index >= 15 is 0 Å². The third-order valence-electron chi connectivity index (χ3n) is 3.06. The van der Waals surface area contributed by atoms with Crippen molar-refractivity contribution in [2.75, 3.05) is 13.1 Å². The Morgan fingerprint density at radius 3 is 2.74 bits per heavy atom. The highest BCUT2D eigenvalue weighted by atomic mass is 19.3. The number of carbonyl (C=O) groups excluding carboxylic acids is 1. The minimum absolute atomic E-state index is 0.00844. The lowest BCUT2D eigenvalue weighted by Gasteiger charge is -2.14. The summed E-state index contributed by atoms with van der Waals surface area (Å²) in [6.45, 7) is 0.796. The Hall–Kier alpha value is -1.99. The molecule has 1 amide bonds. The van der Waals surface area contributed by atoms with Crippen molar-refractivity contribution in [1.29, 1.82) is 0 Å². The van der Waals surface area contributed by atoms with Gasteiger partial charge in [-0.25, -0.2) is 13.6 Å². The van der Waals surface area contributed by atoms with Gasteiger partial charge in [0.2, 0.25) is 0 Å². The molecule has 2 heterocycles. The van der Waals surface area contributed by atoms with Crippen LogP contribution in [0.25, 0.3) is 0 Å². The second-order valence-electron chi connectivity index (χ2n) is 4.56. The minimum Gasteiger partial charge on any atom is -0.480 e. The fourth-order valence-corrected chi connectivity index (χ4v) is 1.87. The fourth-order valence-electron chi connectivity index (χ4n) is 1.87. The summed E-state index contributed by atoms with van der Waals surface area (Å²) in [6, 6.07) is -0.915. The van der Waals surface area contributed by atoms with E-state index in [9.17, 15) is 18.4 Å². The van der Waals surface area contributed by atoms with E-state index in [2.05, 4.69) is 5.10 Å². The van der Waals surface area contributed by atoms with Gasteiger partial charge < -0.3 is 10.0 Å². The number of rotatable bonds is 3. The monoisotopic (exact) mass is 273 g/mol. The lowest BCUT2D eigenvalue weighted by Crippen LogP contribution is -2.31. The molecule has 0 spiro atoms. The van der Waals surface area contributed by atoms with Crippen LogP contribution in [0.4, 0.5) is 8.78 Å². The van der Waals surface area contributed by atoms with E-state index in [1.165, 1.54) is 19.3 Å². The summed E-state index contributed by atoms with van der Waals surface area (Å²) in [5.74, 6) is -4.49. The molecule has 19 heavy (non-hydrogen) atoms. The van der Waals surface area contributed by atoms with E-state index < -0.39 is 30.4 Å². The van der Waals surface area contributed by atoms with Gasteiger partial charge in [0, 0.05) is 19.2 Å². The van der Waals surface area contributed by atoms with Crippen LogP contribution in [-0.4, -0.2) is 50.7 Å². The number of hydrogen-bond acceptors (Lipinski definition) is 3. The molecule has 1 unspecified atom stereocenters. The first-order valence-electron chi connectivity index (χ1n) is 5.74. The average Bonchev–Trinajstić information content (AvgIpc) is 2.93. The summed E-state index contributed by atoms with van der Waals surface area (Å²) in [6.07, 6.45) is 2.11. The van der Waals surface area contributed by atoms with Crippen molar-refractivity contribution in [3.8, 4) is 0 Å². The number of carboxylic acid groups (broad SMARTS) is 1. The Morgan fingerprint density at radius 2 is 2.21 bits per heavy atom. The molecule has 1 aromatic heterocycles. The quantitative estimate of drug-likeness (QED) is 0.891. The predicted molar refractivity (Wildman–Crippen MR) is 60.0 cm³/mol. The van der Waals surface area contributed by atoms with Crippen molar-refractivity contribution in [1.82, 2.24) is 14.7 Å². The topological polar surface area (TPSA) is 75.4 Å². The van der Waals surface area contributed by atoms with Crippen LogP contribution in [-0.2, 0) is 4.79 Å². The molecule has 1 aromatic rings. The van der Waals surface area contributed by atoms with Crippen molar-refractivity contribution >= 4 is 11.9 Å². The van der Waals surface area contributed by atoms with Crippen LogP contribution in [0.15, 0.2) is 12.4 Å². The van der Waals surface area contributed by atoms with Crippen molar-refractivity contribution in [2.24, 2.45) is 0 Å². The van der Waals surface area contributed by atoms with Crippen LogP contribution in [0.5, 0.6) is 0 Å². The van der Waals surface area contributed by atoms with Crippen LogP contribution in [0, 0.1) is 0 Å². The summed E-state index contributed by atoms with van der Waals surface area (Å²) in [4.78, 5) is 23.7. The highest BCUT2D eigenvalue weighted by Gasteiger charge is 2.40. The summed E-state index contributed by atoms with van der Waals surface area (Å²) < 4.78 is 27.1. The van der Waals surface area contributed by atoms with Gasteiger partial charge in [0.1, 0.15) is 6.04 Å². The van der Waals surface area contributed by atoms with Crippen LogP contribution in [0.3, 0.4) is 0 Å². The molecule has 1 N–H and O–H groups in total. The SMILES string of the molecule is CC(C(=O)O)n1cc(C(=O)N2CCC(F)(F)C2)cn1. The molecule has 6 nitrogen and oxygen atoms in total. The van der Waals surface area contributed by atoms with E-state index in [0.717, 1.165) is 9.58 Å². The van der Waals surface area contributed by atoms with E-state index in [4.69, 9.17) is 5.11 Å². The molecule has 0 radical (unpaired) electrons. The van der Waals surface area contributed by atoms with Crippen LogP contribution < -0.4 is 0 Å². The Kier molecular flexibility index (Phi) is 3.25. The molecule has 8 heteroatoms. The van der Waals surface area contributed by atoms with Crippen molar-refractivity contribution in [3.63, 3.8) is 0 Å². The fraction of sp³-hybridized carbons (Fsp3) is 0.545. The number of amides is 1. The molecule has 0 bridgehead atoms. The first kappa shape index (κ1) is 13.4. The van der Waals surface area contributed by atoms with Crippen LogP contribution in [0.1, 0.15) is 29.7 Å². The van der Waals surface area contributed by atoms with E-state index in [-0.39, 0.29) is 18.5 Å². The molecule has 0 aliphatic carbocycles. The largest absolute Gasteiger partial charge is 0.480 e. The number of halogens is 2. The van der Waals surface area contributed by atoms with E-state index in [0.29, 0.717) is 0 Å². The Labute approximate surface area is 107 Å². The summed E-state index contributed by atoms with van der Waals surface area (Å²) >= 11 is 0. The number of alkyl halides is 2. The minimum atomic E-state index is -2.85. The van der Waals surface area contributed by atoms with Crippen LogP contribution in [0.2, 0.25) is 0 Å². The first-order valence-corrected chi connectivity index (χ1v) is 5.74. The lowest BCUT2D eigenvalue weighted by molar-refractivity contribution is -0.140. The number of aliphatic carboxylic acids is 1. The second kappa shape index (κ2) is 4.60. The zero-order valence-electron chi connectivity index (χ0n) is 10.2.